The second kappa shape index (κ2) is 2.85. The molecule has 0 radical (unpaired) electrons. The average Bonchev–Trinajstić information content (AvgIpc) is 2.17. The summed E-state index contributed by atoms with van der Waals surface area (Å²) in [5, 5.41) is 7.78. The van der Waals surface area contributed by atoms with Gasteiger partial charge in [-0.2, -0.15) is 5.10 Å². The standard InChI is InChI=1S/C9H9N3/c1-2-7-5-9-8(10-6-7)3-4-11-12-9/h3-6H,2H2,1H3. The SMILES string of the molecule is CCc1cnc2ccnnc2c1. The van der Waals surface area contributed by atoms with E-state index in [2.05, 4.69) is 22.1 Å². The summed E-state index contributed by atoms with van der Waals surface area (Å²) in [5.41, 5.74) is 2.97. The Kier molecular flexibility index (Phi) is 1.70. The molecule has 0 fully saturated rings. The van der Waals surface area contributed by atoms with Gasteiger partial charge in [0.25, 0.3) is 0 Å². The lowest BCUT2D eigenvalue weighted by Crippen LogP contribution is -1.88. The fraction of sp³-hybridized carbons (Fsp3) is 0.222. The Morgan fingerprint density at radius 2 is 2.25 bits per heavy atom. The van der Waals surface area contributed by atoms with E-state index in [1.54, 1.807) is 6.20 Å². The molecule has 0 aromatic carbocycles. The lowest BCUT2D eigenvalue weighted by molar-refractivity contribution is 1.05. The molecule has 3 heteroatoms. The molecule has 12 heavy (non-hydrogen) atoms. The van der Waals surface area contributed by atoms with Crippen molar-refractivity contribution in [3.05, 3.63) is 30.1 Å². The summed E-state index contributed by atoms with van der Waals surface area (Å²) in [4.78, 5) is 4.25. The highest BCUT2D eigenvalue weighted by atomic mass is 15.1. The van der Waals surface area contributed by atoms with Crippen LogP contribution in [0.5, 0.6) is 0 Å². The number of hydrogen-bond acceptors (Lipinski definition) is 3. The number of pyridine rings is 1. The summed E-state index contributed by atoms with van der Waals surface area (Å²) < 4.78 is 0. The highest BCUT2D eigenvalue weighted by molar-refractivity contribution is 5.73. The van der Waals surface area contributed by atoms with Gasteiger partial charge in [-0.25, -0.2) is 0 Å². The van der Waals surface area contributed by atoms with Gasteiger partial charge in [0, 0.05) is 6.20 Å². The Labute approximate surface area is 70.5 Å². The third kappa shape index (κ3) is 1.13. The monoisotopic (exact) mass is 159 g/mol. The number of aromatic nitrogens is 3. The van der Waals surface area contributed by atoms with Crippen LogP contribution in [0.4, 0.5) is 0 Å². The van der Waals surface area contributed by atoms with Crippen LogP contribution >= 0.6 is 0 Å². The molecule has 0 aliphatic rings. The van der Waals surface area contributed by atoms with E-state index in [4.69, 9.17) is 0 Å². The zero-order chi connectivity index (χ0) is 8.39. The van der Waals surface area contributed by atoms with Crippen molar-refractivity contribution >= 4 is 11.0 Å². The summed E-state index contributed by atoms with van der Waals surface area (Å²) in [6, 6.07) is 3.89. The van der Waals surface area contributed by atoms with Gasteiger partial charge in [0.2, 0.25) is 0 Å². The van der Waals surface area contributed by atoms with E-state index in [1.165, 1.54) is 5.56 Å². The third-order valence-electron chi connectivity index (χ3n) is 1.83. The van der Waals surface area contributed by atoms with E-state index in [1.807, 2.05) is 18.3 Å². The molecule has 0 N–H and O–H groups in total. The summed E-state index contributed by atoms with van der Waals surface area (Å²) in [6.45, 7) is 2.10. The van der Waals surface area contributed by atoms with Crippen molar-refractivity contribution in [2.45, 2.75) is 13.3 Å². The molecular formula is C9H9N3. The number of rotatable bonds is 1. The van der Waals surface area contributed by atoms with Gasteiger partial charge in [0.1, 0.15) is 5.52 Å². The van der Waals surface area contributed by atoms with E-state index in [0.717, 1.165) is 17.5 Å². The maximum absolute atomic E-state index is 4.25. The lowest BCUT2D eigenvalue weighted by Gasteiger charge is -1.96. The molecule has 2 aromatic rings. The fourth-order valence-corrected chi connectivity index (χ4v) is 1.11. The first-order valence-electron chi connectivity index (χ1n) is 3.96. The molecule has 0 spiro atoms. The maximum atomic E-state index is 4.25. The minimum atomic E-state index is 0.872. The first-order chi connectivity index (χ1) is 5.90. The molecule has 0 aliphatic carbocycles. The van der Waals surface area contributed by atoms with Gasteiger partial charge in [-0.15, -0.1) is 5.10 Å². The van der Waals surface area contributed by atoms with Gasteiger partial charge in [-0.05, 0) is 24.1 Å². The molecular weight excluding hydrogens is 150 g/mol. The van der Waals surface area contributed by atoms with Crippen molar-refractivity contribution in [2.24, 2.45) is 0 Å². The van der Waals surface area contributed by atoms with Crippen LogP contribution in [-0.2, 0) is 6.42 Å². The van der Waals surface area contributed by atoms with Gasteiger partial charge in [-0.1, -0.05) is 6.92 Å². The molecule has 0 saturated heterocycles. The summed E-state index contributed by atoms with van der Waals surface area (Å²) in [6.07, 6.45) is 4.52. The van der Waals surface area contributed by atoms with Gasteiger partial charge >= 0.3 is 0 Å². The van der Waals surface area contributed by atoms with E-state index in [9.17, 15) is 0 Å². The molecule has 0 aliphatic heterocycles. The molecule has 2 rings (SSSR count). The summed E-state index contributed by atoms with van der Waals surface area (Å²) in [7, 11) is 0. The zero-order valence-corrected chi connectivity index (χ0v) is 6.86. The fourth-order valence-electron chi connectivity index (χ4n) is 1.11. The topological polar surface area (TPSA) is 38.7 Å². The smallest absolute Gasteiger partial charge is 0.112 e. The quantitative estimate of drug-likeness (QED) is 0.634. The molecule has 0 atom stereocenters. The van der Waals surface area contributed by atoms with Gasteiger partial charge in [0.15, 0.2) is 0 Å². The van der Waals surface area contributed by atoms with E-state index in [-0.39, 0.29) is 0 Å². The van der Waals surface area contributed by atoms with Crippen molar-refractivity contribution in [3.8, 4) is 0 Å². The lowest BCUT2D eigenvalue weighted by atomic mass is 10.2. The molecule has 60 valence electrons. The first kappa shape index (κ1) is 7.16. The molecule has 0 amide bonds. The highest BCUT2D eigenvalue weighted by Gasteiger charge is 1.95. The molecule has 0 saturated carbocycles. The van der Waals surface area contributed by atoms with Crippen molar-refractivity contribution in [1.29, 1.82) is 0 Å². The number of nitrogens with zero attached hydrogens (tertiary/aromatic N) is 3. The van der Waals surface area contributed by atoms with Crippen LogP contribution < -0.4 is 0 Å². The highest BCUT2D eigenvalue weighted by Crippen LogP contribution is 2.08. The number of aryl methyl sites for hydroxylation is 1. The predicted octanol–water partition coefficient (Wildman–Crippen LogP) is 1.59. The van der Waals surface area contributed by atoms with E-state index < -0.39 is 0 Å². The largest absolute Gasteiger partial charge is 0.254 e. The molecule has 0 bridgehead atoms. The molecule has 0 unspecified atom stereocenters. The van der Waals surface area contributed by atoms with Crippen LogP contribution in [0.1, 0.15) is 12.5 Å². The van der Waals surface area contributed by atoms with Gasteiger partial charge in [0.05, 0.1) is 11.7 Å². The first-order valence-corrected chi connectivity index (χ1v) is 3.96. The van der Waals surface area contributed by atoms with Crippen molar-refractivity contribution in [1.82, 2.24) is 15.2 Å². The number of hydrogen-bond donors (Lipinski definition) is 0. The zero-order valence-electron chi connectivity index (χ0n) is 6.86. The Hall–Kier alpha value is -1.51. The Morgan fingerprint density at radius 3 is 3.08 bits per heavy atom. The molecule has 3 nitrogen and oxygen atoms in total. The average molecular weight is 159 g/mol. The normalized spacial score (nSPS) is 10.4. The number of fused-ring (bicyclic) bond motifs is 1. The van der Waals surface area contributed by atoms with Gasteiger partial charge < -0.3 is 0 Å². The van der Waals surface area contributed by atoms with Crippen molar-refractivity contribution in [2.75, 3.05) is 0 Å². The van der Waals surface area contributed by atoms with Crippen LogP contribution in [0, 0.1) is 0 Å². The maximum Gasteiger partial charge on any atom is 0.112 e. The second-order valence-corrected chi connectivity index (χ2v) is 2.63. The van der Waals surface area contributed by atoms with Gasteiger partial charge in [-0.3, -0.25) is 4.98 Å². The van der Waals surface area contributed by atoms with Crippen molar-refractivity contribution < 1.29 is 0 Å². The Morgan fingerprint density at radius 1 is 1.33 bits per heavy atom. The summed E-state index contributed by atoms with van der Waals surface area (Å²) in [5.74, 6) is 0. The van der Waals surface area contributed by atoms with E-state index >= 15 is 0 Å². The van der Waals surface area contributed by atoms with Crippen LogP contribution in [0.25, 0.3) is 11.0 Å². The third-order valence-corrected chi connectivity index (χ3v) is 1.83. The summed E-state index contributed by atoms with van der Waals surface area (Å²) >= 11 is 0. The predicted molar refractivity (Wildman–Crippen MR) is 46.7 cm³/mol. The van der Waals surface area contributed by atoms with Crippen LogP contribution in [0.15, 0.2) is 24.5 Å². The van der Waals surface area contributed by atoms with Crippen LogP contribution in [0.3, 0.4) is 0 Å². The second-order valence-electron chi connectivity index (χ2n) is 2.63. The van der Waals surface area contributed by atoms with E-state index in [0.29, 0.717) is 0 Å². The Balaban J connectivity index is 2.67. The minimum absolute atomic E-state index is 0.872. The molecule has 2 heterocycles. The van der Waals surface area contributed by atoms with Crippen molar-refractivity contribution in [3.63, 3.8) is 0 Å². The van der Waals surface area contributed by atoms with Crippen LogP contribution in [0.2, 0.25) is 0 Å². The van der Waals surface area contributed by atoms with Crippen LogP contribution in [-0.4, -0.2) is 15.2 Å². The Bertz CT molecular complexity index is 398. The molecule has 2 aromatic heterocycles. The minimum Gasteiger partial charge on any atom is -0.254 e.